The van der Waals surface area contributed by atoms with Gasteiger partial charge in [0.1, 0.15) is 13.4 Å². The van der Waals surface area contributed by atoms with Crippen molar-refractivity contribution in [2.45, 2.75) is 39.2 Å². The molecule has 16 heavy (non-hydrogen) atoms. The summed E-state index contributed by atoms with van der Waals surface area (Å²) in [7, 11) is 1.57. The van der Waals surface area contributed by atoms with Crippen LogP contribution in [0, 0.1) is 11.8 Å². The van der Waals surface area contributed by atoms with Crippen LogP contribution in [0.2, 0.25) is 0 Å². The Hall–Kier alpha value is -0.820. The molecule has 0 fully saturated rings. The predicted molar refractivity (Wildman–Crippen MR) is 64.9 cm³/mol. The minimum absolute atomic E-state index is 0.248. The Labute approximate surface area is 98.4 Å². The van der Waals surface area contributed by atoms with Gasteiger partial charge in [-0.05, 0) is 13.3 Å². The maximum atomic E-state index is 9.48. The number of methoxy groups -OCH3 is 1. The highest BCUT2D eigenvalue weighted by molar-refractivity contribution is 5.31. The zero-order valence-corrected chi connectivity index (χ0v) is 10.5. The van der Waals surface area contributed by atoms with Gasteiger partial charge in [0, 0.05) is 12.7 Å². The summed E-state index contributed by atoms with van der Waals surface area (Å²) in [5.41, 5.74) is 0.773. The van der Waals surface area contributed by atoms with Crippen LogP contribution in [0.3, 0.4) is 0 Å². The van der Waals surface area contributed by atoms with E-state index in [1.807, 2.05) is 6.08 Å². The van der Waals surface area contributed by atoms with E-state index in [1.165, 1.54) is 0 Å². The predicted octanol–water partition coefficient (Wildman–Crippen LogP) is 2.11. The van der Waals surface area contributed by atoms with Crippen LogP contribution in [-0.2, 0) is 9.47 Å². The highest BCUT2D eigenvalue weighted by Gasteiger charge is 1.99. The average molecular weight is 226 g/mol. The van der Waals surface area contributed by atoms with Crippen LogP contribution in [0.25, 0.3) is 0 Å². The Morgan fingerprint density at radius 1 is 1.50 bits per heavy atom. The standard InChI is InChI=1S/C13H22O3/c1-4-5-6-8-13(12(2)14)9-7-10-16-11-15-3/h8,12,14H,4-6,10-11H2,1-3H3/b13-8-. The Balaban J connectivity index is 4.06. The molecule has 0 saturated carbocycles. The molecule has 0 saturated heterocycles. The van der Waals surface area contributed by atoms with Crippen molar-refractivity contribution in [3.05, 3.63) is 11.6 Å². The molecule has 0 aliphatic heterocycles. The van der Waals surface area contributed by atoms with Crippen LogP contribution in [0.4, 0.5) is 0 Å². The summed E-state index contributed by atoms with van der Waals surface area (Å²) in [5.74, 6) is 5.77. The molecular weight excluding hydrogens is 204 g/mol. The molecule has 0 aromatic rings. The van der Waals surface area contributed by atoms with E-state index in [0.29, 0.717) is 6.61 Å². The molecule has 0 spiro atoms. The number of ether oxygens (including phenoxy) is 2. The number of allylic oxidation sites excluding steroid dienone is 1. The van der Waals surface area contributed by atoms with Gasteiger partial charge in [-0.3, -0.25) is 0 Å². The molecule has 0 aromatic carbocycles. The molecule has 92 valence electrons. The van der Waals surface area contributed by atoms with Crippen molar-refractivity contribution in [3.8, 4) is 11.8 Å². The lowest BCUT2D eigenvalue weighted by molar-refractivity contribution is -0.0166. The van der Waals surface area contributed by atoms with Crippen LogP contribution in [0.5, 0.6) is 0 Å². The third-order valence-electron chi connectivity index (χ3n) is 1.98. The largest absolute Gasteiger partial charge is 0.388 e. The van der Waals surface area contributed by atoms with Crippen molar-refractivity contribution in [2.24, 2.45) is 0 Å². The molecule has 3 heteroatoms. The number of aliphatic hydroxyl groups excluding tert-OH is 1. The van der Waals surface area contributed by atoms with Gasteiger partial charge in [0.25, 0.3) is 0 Å². The number of unbranched alkanes of at least 4 members (excludes halogenated alkanes) is 2. The first-order valence-electron chi connectivity index (χ1n) is 5.66. The van der Waals surface area contributed by atoms with Crippen LogP contribution in [-0.4, -0.2) is 31.7 Å². The fraction of sp³-hybridized carbons (Fsp3) is 0.692. The second kappa shape index (κ2) is 10.7. The quantitative estimate of drug-likeness (QED) is 0.410. The third kappa shape index (κ3) is 8.49. The summed E-state index contributed by atoms with van der Waals surface area (Å²) in [6, 6.07) is 0. The minimum Gasteiger partial charge on any atom is -0.388 e. The van der Waals surface area contributed by atoms with Crippen LogP contribution >= 0.6 is 0 Å². The monoisotopic (exact) mass is 226 g/mol. The van der Waals surface area contributed by atoms with Crippen LogP contribution in [0.15, 0.2) is 11.6 Å². The lowest BCUT2D eigenvalue weighted by Gasteiger charge is -2.03. The fourth-order valence-electron chi connectivity index (χ4n) is 1.10. The maximum Gasteiger partial charge on any atom is 0.147 e. The van der Waals surface area contributed by atoms with E-state index in [1.54, 1.807) is 14.0 Å². The van der Waals surface area contributed by atoms with Gasteiger partial charge in [-0.1, -0.05) is 37.7 Å². The molecule has 0 radical (unpaired) electrons. The molecule has 1 N–H and O–H groups in total. The van der Waals surface area contributed by atoms with Gasteiger partial charge >= 0.3 is 0 Å². The smallest absolute Gasteiger partial charge is 0.147 e. The first kappa shape index (κ1) is 15.2. The van der Waals surface area contributed by atoms with E-state index in [9.17, 15) is 5.11 Å². The molecule has 0 heterocycles. The normalized spacial score (nSPS) is 13.1. The summed E-state index contributed by atoms with van der Waals surface area (Å²) in [5, 5.41) is 9.48. The maximum absolute atomic E-state index is 9.48. The molecule has 0 rings (SSSR count). The molecule has 3 nitrogen and oxygen atoms in total. The Morgan fingerprint density at radius 2 is 2.25 bits per heavy atom. The van der Waals surface area contributed by atoms with E-state index >= 15 is 0 Å². The van der Waals surface area contributed by atoms with E-state index in [2.05, 4.69) is 18.8 Å². The van der Waals surface area contributed by atoms with E-state index in [4.69, 9.17) is 9.47 Å². The molecule has 0 aromatic heterocycles. The second-order valence-electron chi connectivity index (χ2n) is 3.53. The van der Waals surface area contributed by atoms with Crippen LogP contribution < -0.4 is 0 Å². The minimum atomic E-state index is -0.508. The summed E-state index contributed by atoms with van der Waals surface area (Å²) in [6.07, 6.45) is 4.72. The summed E-state index contributed by atoms with van der Waals surface area (Å²) < 4.78 is 9.76. The number of aliphatic hydroxyl groups is 1. The zero-order chi connectivity index (χ0) is 12.2. The van der Waals surface area contributed by atoms with Gasteiger partial charge < -0.3 is 14.6 Å². The molecule has 0 amide bonds. The van der Waals surface area contributed by atoms with Crippen molar-refractivity contribution in [3.63, 3.8) is 0 Å². The van der Waals surface area contributed by atoms with E-state index in [0.717, 1.165) is 24.8 Å². The highest BCUT2D eigenvalue weighted by Crippen LogP contribution is 2.04. The summed E-state index contributed by atoms with van der Waals surface area (Å²) in [6.45, 7) is 4.44. The summed E-state index contributed by atoms with van der Waals surface area (Å²) in [4.78, 5) is 0. The van der Waals surface area contributed by atoms with Gasteiger partial charge in [0.15, 0.2) is 0 Å². The Kier molecular flexibility index (Phi) is 10.1. The summed E-state index contributed by atoms with van der Waals surface area (Å²) >= 11 is 0. The van der Waals surface area contributed by atoms with E-state index < -0.39 is 6.10 Å². The fourth-order valence-corrected chi connectivity index (χ4v) is 1.10. The Morgan fingerprint density at radius 3 is 2.81 bits per heavy atom. The number of hydrogen-bond acceptors (Lipinski definition) is 3. The van der Waals surface area contributed by atoms with Gasteiger partial charge in [-0.25, -0.2) is 0 Å². The number of rotatable bonds is 7. The molecule has 1 unspecified atom stereocenters. The van der Waals surface area contributed by atoms with Crippen molar-refractivity contribution in [1.82, 2.24) is 0 Å². The van der Waals surface area contributed by atoms with Gasteiger partial charge in [-0.2, -0.15) is 0 Å². The Bertz CT molecular complexity index is 246. The number of hydrogen-bond donors (Lipinski definition) is 1. The highest BCUT2D eigenvalue weighted by atomic mass is 16.7. The van der Waals surface area contributed by atoms with Gasteiger partial charge in [0.2, 0.25) is 0 Å². The lowest BCUT2D eigenvalue weighted by Crippen LogP contribution is -2.03. The third-order valence-corrected chi connectivity index (χ3v) is 1.98. The van der Waals surface area contributed by atoms with Crippen molar-refractivity contribution < 1.29 is 14.6 Å². The lowest BCUT2D eigenvalue weighted by atomic mass is 10.1. The second-order valence-corrected chi connectivity index (χ2v) is 3.53. The first-order chi connectivity index (χ1) is 7.72. The topological polar surface area (TPSA) is 38.7 Å². The van der Waals surface area contributed by atoms with E-state index in [-0.39, 0.29) is 6.79 Å². The first-order valence-corrected chi connectivity index (χ1v) is 5.66. The SMILES string of the molecule is CCCC/C=C(/C#CCOCOC)C(C)O. The zero-order valence-electron chi connectivity index (χ0n) is 10.5. The van der Waals surface area contributed by atoms with Crippen molar-refractivity contribution >= 4 is 0 Å². The van der Waals surface area contributed by atoms with Crippen LogP contribution in [0.1, 0.15) is 33.1 Å². The molecule has 1 atom stereocenters. The van der Waals surface area contributed by atoms with Crippen molar-refractivity contribution in [1.29, 1.82) is 0 Å². The molecule has 0 bridgehead atoms. The molecule has 0 aliphatic rings. The molecule has 0 aliphatic carbocycles. The van der Waals surface area contributed by atoms with Gasteiger partial charge in [0.05, 0.1) is 6.10 Å². The van der Waals surface area contributed by atoms with Crippen molar-refractivity contribution in [2.75, 3.05) is 20.5 Å². The van der Waals surface area contributed by atoms with Gasteiger partial charge in [-0.15, -0.1) is 0 Å². The average Bonchev–Trinajstić information content (AvgIpc) is 2.26. The molecular formula is C13H22O3.